The molecule has 200 valence electrons. The number of nitrogens with two attached hydrogens (primary N) is 1. The number of amidine groups is 1. The first-order valence-corrected chi connectivity index (χ1v) is 15.2. The molecular formula is C31H28N6OS2. The van der Waals surface area contributed by atoms with E-state index in [1.165, 1.54) is 11.8 Å². The Morgan fingerprint density at radius 2 is 1.90 bits per heavy atom. The Kier molecular flexibility index (Phi) is 7.37. The van der Waals surface area contributed by atoms with Crippen LogP contribution in [-0.4, -0.2) is 27.5 Å². The van der Waals surface area contributed by atoms with Crippen molar-refractivity contribution in [2.24, 2.45) is 16.1 Å². The highest BCUT2D eigenvalue weighted by molar-refractivity contribution is 8.03. The molecule has 0 unspecified atom stereocenters. The van der Waals surface area contributed by atoms with Crippen LogP contribution in [0.4, 0.5) is 5.69 Å². The van der Waals surface area contributed by atoms with E-state index in [1.807, 2.05) is 60.7 Å². The molecular weight excluding hydrogens is 537 g/mol. The first-order chi connectivity index (χ1) is 19.6. The van der Waals surface area contributed by atoms with Gasteiger partial charge in [0.25, 0.3) is 0 Å². The average Bonchev–Trinajstić information content (AvgIpc) is 3.47. The standard InChI is InChI=1S/C31H28N6OS2/c32-17-22-29(40-19-25(38)35-23-13-7-11-21-12-8-16-34-27(21)23)37-28(33)26(31(22)14-5-2-6-15-31)30-36-24(18-39-30)20-9-3-1-4-10-20/h1,3-4,7-13,16,18,26H,2,5-6,14-15,19H2,(H2,33,37)(H,35,38)/t26-/m0/s1. The number of hydrogen-bond donors (Lipinski definition) is 2. The molecule has 1 amide bonds. The lowest BCUT2D eigenvalue weighted by molar-refractivity contribution is -0.113. The molecule has 3 N–H and O–H groups in total. The van der Waals surface area contributed by atoms with Crippen LogP contribution in [0.2, 0.25) is 0 Å². The maximum Gasteiger partial charge on any atom is 0.234 e. The van der Waals surface area contributed by atoms with E-state index in [2.05, 4.69) is 21.8 Å². The van der Waals surface area contributed by atoms with E-state index < -0.39 is 5.41 Å². The highest BCUT2D eigenvalue weighted by Gasteiger charge is 2.50. The van der Waals surface area contributed by atoms with Crippen LogP contribution >= 0.6 is 23.1 Å². The Morgan fingerprint density at radius 3 is 2.70 bits per heavy atom. The molecule has 1 aliphatic carbocycles. The summed E-state index contributed by atoms with van der Waals surface area (Å²) in [5.74, 6) is 0.131. The lowest BCUT2D eigenvalue weighted by atomic mass is 9.61. The number of rotatable bonds is 6. The number of nitriles is 1. The zero-order valence-electron chi connectivity index (χ0n) is 21.8. The second-order valence-electron chi connectivity index (χ2n) is 10.1. The molecule has 1 aliphatic heterocycles. The summed E-state index contributed by atoms with van der Waals surface area (Å²) in [6.07, 6.45) is 6.55. The number of thioether (sulfide) groups is 1. The number of para-hydroxylation sites is 1. The molecule has 3 heterocycles. The van der Waals surface area contributed by atoms with Crippen LogP contribution in [-0.2, 0) is 4.79 Å². The minimum Gasteiger partial charge on any atom is -0.387 e. The third kappa shape index (κ3) is 4.89. The van der Waals surface area contributed by atoms with Crippen molar-refractivity contribution < 1.29 is 4.79 Å². The number of pyridine rings is 1. The van der Waals surface area contributed by atoms with Gasteiger partial charge in [-0.15, -0.1) is 11.3 Å². The number of aliphatic imine (C=N–C) groups is 1. The number of thiazole rings is 1. The third-order valence-corrected chi connectivity index (χ3v) is 9.62. The fourth-order valence-corrected chi connectivity index (χ4v) is 7.87. The van der Waals surface area contributed by atoms with Gasteiger partial charge in [-0.2, -0.15) is 5.26 Å². The Labute approximate surface area is 241 Å². The van der Waals surface area contributed by atoms with E-state index in [4.69, 9.17) is 15.7 Å². The topological polar surface area (TPSA) is 117 Å². The minimum atomic E-state index is -0.469. The molecule has 1 fully saturated rings. The summed E-state index contributed by atoms with van der Waals surface area (Å²) in [5.41, 5.74) is 10.2. The third-order valence-electron chi connectivity index (χ3n) is 7.73. The van der Waals surface area contributed by atoms with Crippen LogP contribution in [0.15, 0.2) is 87.8 Å². The van der Waals surface area contributed by atoms with Crippen molar-refractivity contribution in [1.29, 1.82) is 5.26 Å². The molecule has 2 aromatic heterocycles. The summed E-state index contributed by atoms with van der Waals surface area (Å²) in [6.45, 7) is 0. The molecule has 6 rings (SSSR count). The van der Waals surface area contributed by atoms with Gasteiger partial charge in [0.2, 0.25) is 5.91 Å². The van der Waals surface area contributed by atoms with Gasteiger partial charge < -0.3 is 11.1 Å². The lowest BCUT2D eigenvalue weighted by Gasteiger charge is -2.44. The average molecular weight is 565 g/mol. The zero-order valence-corrected chi connectivity index (χ0v) is 23.5. The molecule has 1 spiro atoms. The summed E-state index contributed by atoms with van der Waals surface area (Å²) < 4.78 is 0. The first kappa shape index (κ1) is 26.2. The van der Waals surface area contributed by atoms with E-state index in [-0.39, 0.29) is 17.6 Å². The van der Waals surface area contributed by atoms with E-state index >= 15 is 0 Å². The number of aromatic nitrogens is 2. The molecule has 7 nitrogen and oxygen atoms in total. The van der Waals surface area contributed by atoms with Crippen molar-refractivity contribution in [3.05, 3.63) is 87.9 Å². The number of nitrogens with one attached hydrogen (secondary N) is 1. The maximum absolute atomic E-state index is 13.0. The van der Waals surface area contributed by atoms with Crippen LogP contribution in [0.5, 0.6) is 0 Å². The van der Waals surface area contributed by atoms with Gasteiger partial charge in [-0.1, -0.05) is 79.6 Å². The predicted molar refractivity (Wildman–Crippen MR) is 163 cm³/mol. The zero-order chi connectivity index (χ0) is 27.5. The van der Waals surface area contributed by atoms with E-state index in [9.17, 15) is 10.1 Å². The number of carbonyl (C=O) groups is 1. The van der Waals surface area contributed by atoms with Gasteiger partial charge in [0.05, 0.1) is 40.2 Å². The summed E-state index contributed by atoms with van der Waals surface area (Å²) in [5, 5.41) is 17.9. The minimum absolute atomic E-state index is 0.108. The molecule has 2 aliphatic rings. The van der Waals surface area contributed by atoms with Crippen molar-refractivity contribution in [1.82, 2.24) is 9.97 Å². The number of benzene rings is 2. The van der Waals surface area contributed by atoms with Crippen molar-refractivity contribution in [3.63, 3.8) is 0 Å². The molecule has 1 atom stereocenters. The molecule has 0 bridgehead atoms. The van der Waals surface area contributed by atoms with Crippen LogP contribution < -0.4 is 11.1 Å². The number of anilines is 1. The van der Waals surface area contributed by atoms with E-state index in [0.717, 1.165) is 59.3 Å². The molecule has 40 heavy (non-hydrogen) atoms. The highest BCUT2D eigenvalue weighted by atomic mass is 32.2. The number of allylic oxidation sites excluding steroid dienone is 1. The molecule has 0 saturated heterocycles. The number of amides is 1. The van der Waals surface area contributed by atoms with Gasteiger partial charge in [-0.25, -0.2) is 9.98 Å². The van der Waals surface area contributed by atoms with Crippen molar-refractivity contribution >= 4 is 51.4 Å². The molecule has 4 aromatic rings. The summed E-state index contributed by atoms with van der Waals surface area (Å²) in [6, 6.07) is 22.1. The Morgan fingerprint density at radius 1 is 1.10 bits per heavy atom. The summed E-state index contributed by atoms with van der Waals surface area (Å²) in [4.78, 5) is 27.2. The Bertz CT molecular complexity index is 1660. The van der Waals surface area contributed by atoms with Crippen LogP contribution in [0.3, 0.4) is 0 Å². The molecule has 9 heteroatoms. The monoisotopic (exact) mass is 564 g/mol. The number of fused-ring (bicyclic) bond motifs is 1. The van der Waals surface area contributed by atoms with Crippen molar-refractivity contribution in [2.75, 3.05) is 11.1 Å². The van der Waals surface area contributed by atoms with E-state index in [1.54, 1.807) is 17.5 Å². The van der Waals surface area contributed by atoms with Gasteiger partial charge in [0.15, 0.2) is 0 Å². The molecule has 2 aromatic carbocycles. The van der Waals surface area contributed by atoms with Gasteiger partial charge in [-0.05, 0) is 25.0 Å². The van der Waals surface area contributed by atoms with Gasteiger partial charge in [0.1, 0.15) is 15.9 Å². The SMILES string of the molecule is N#CC1=C(SCC(=O)Nc2cccc3cccnc23)N=C(N)[C@@H](c2nc(-c3ccccc3)cs2)C12CCCCC2. The molecule has 0 radical (unpaired) electrons. The van der Waals surface area contributed by atoms with Gasteiger partial charge in [0, 0.05) is 27.9 Å². The first-order valence-electron chi connectivity index (χ1n) is 13.4. The largest absolute Gasteiger partial charge is 0.387 e. The normalized spacial score (nSPS) is 18.4. The smallest absolute Gasteiger partial charge is 0.234 e. The quantitative estimate of drug-likeness (QED) is 0.264. The summed E-state index contributed by atoms with van der Waals surface area (Å²) in [7, 11) is 0. The van der Waals surface area contributed by atoms with Crippen LogP contribution in [0, 0.1) is 16.7 Å². The highest BCUT2D eigenvalue weighted by Crippen LogP contribution is 2.56. The lowest BCUT2D eigenvalue weighted by Crippen LogP contribution is -2.43. The van der Waals surface area contributed by atoms with Gasteiger partial charge in [-0.3, -0.25) is 9.78 Å². The maximum atomic E-state index is 13.0. The van der Waals surface area contributed by atoms with Crippen LogP contribution in [0.1, 0.15) is 43.0 Å². The van der Waals surface area contributed by atoms with E-state index in [0.29, 0.717) is 22.1 Å². The second-order valence-corrected chi connectivity index (χ2v) is 12.0. The Hall–Kier alpha value is -4.00. The second kappa shape index (κ2) is 11.2. The number of carbonyl (C=O) groups excluding carboxylic acids is 1. The van der Waals surface area contributed by atoms with Crippen molar-refractivity contribution in [2.45, 2.75) is 38.0 Å². The van der Waals surface area contributed by atoms with Crippen LogP contribution in [0.25, 0.3) is 22.2 Å². The fourth-order valence-electron chi connectivity index (χ4n) is 5.91. The summed E-state index contributed by atoms with van der Waals surface area (Å²) >= 11 is 2.85. The predicted octanol–water partition coefficient (Wildman–Crippen LogP) is 6.87. The number of nitrogens with zero attached hydrogens (tertiary/aromatic N) is 4. The number of hydrogen-bond acceptors (Lipinski definition) is 8. The fraction of sp³-hybridized carbons (Fsp3) is 0.258. The Balaban J connectivity index is 1.28. The van der Waals surface area contributed by atoms with Gasteiger partial charge >= 0.3 is 0 Å². The van der Waals surface area contributed by atoms with Crippen molar-refractivity contribution in [3.8, 4) is 17.3 Å². The molecule has 1 saturated carbocycles.